The number of aromatic nitrogens is 4. The summed E-state index contributed by atoms with van der Waals surface area (Å²) in [4.78, 5) is 23.3. The molecule has 0 unspecified atom stereocenters. The lowest BCUT2D eigenvalue weighted by atomic mass is 10.1. The number of carbonyl (C=O) groups is 1. The van der Waals surface area contributed by atoms with Gasteiger partial charge in [0.25, 0.3) is 5.91 Å². The number of imidazole rings is 1. The fourth-order valence-corrected chi connectivity index (χ4v) is 3.40. The van der Waals surface area contributed by atoms with Gasteiger partial charge in [0.2, 0.25) is 5.78 Å². The largest absolute Gasteiger partial charge is 0.348 e. The Kier molecular flexibility index (Phi) is 3.34. The van der Waals surface area contributed by atoms with E-state index in [0.717, 1.165) is 13.0 Å². The molecule has 0 spiro atoms. The minimum atomic E-state index is -0.0640. The van der Waals surface area contributed by atoms with E-state index in [1.807, 2.05) is 11.0 Å². The Morgan fingerprint density at radius 2 is 2.26 bits per heavy atom. The molecular weight excluding hydrogens is 314 g/mol. The third-order valence-electron chi connectivity index (χ3n) is 4.31. The molecular formula is C16H16ClN5O. The van der Waals surface area contributed by atoms with Gasteiger partial charge in [-0.1, -0.05) is 18.5 Å². The van der Waals surface area contributed by atoms with Crippen molar-refractivity contribution in [3.05, 3.63) is 53.3 Å². The van der Waals surface area contributed by atoms with Crippen molar-refractivity contribution in [1.82, 2.24) is 23.8 Å². The first-order valence-corrected chi connectivity index (χ1v) is 8.01. The number of hydrogen-bond acceptors (Lipinski definition) is 3. The predicted molar refractivity (Wildman–Crippen MR) is 86.5 cm³/mol. The van der Waals surface area contributed by atoms with Crippen LogP contribution < -0.4 is 0 Å². The van der Waals surface area contributed by atoms with Crippen LogP contribution in [-0.4, -0.2) is 36.3 Å². The van der Waals surface area contributed by atoms with E-state index in [1.54, 1.807) is 16.8 Å². The monoisotopic (exact) mass is 329 g/mol. The van der Waals surface area contributed by atoms with Crippen LogP contribution in [0.25, 0.3) is 5.78 Å². The Morgan fingerprint density at radius 1 is 1.39 bits per heavy atom. The highest BCUT2D eigenvalue weighted by atomic mass is 35.5. The first kappa shape index (κ1) is 14.3. The lowest BCUT2D eigenvalue weighted by Gasteiger charge is -2.36. The third kappa shape index (κ3) is 2.30. The van der Waals surface area contributed by atoms with Gasteiger partial charge in [-0.3, -0.25) is 9.20 Å². The van der Waals surface area contributed by atoms with Crippen molar-refractivity contribution in [3.8, 4) is 0 Å². The highest BCUT2D eigenvalue weighted by Gasteiger charge is 2.31. The van der Waals surface area contributed by atoms with Crippen LogP contribution in [0.15, 0.2) is 36.9 Å². The Bertz CT molecular complexity index is 884. The molecule has 0 saturated carbocycles. The molecule has 6 nitrogen and oxygen atoms in total. The molecule has 1 atom stereocenters. The quantitative estimate of drug-likeness (QED) is 0.726. The van der Waals surface area contributed by atoms with Crippen LogP contribution in [0.3, 0.4) is 0 Å². The number of amides is 1. The Hall–Kier alpha value is -2.34. The lowest BCUT2D eigenvalue weighted by molar-refractivity contribution is 0.0612. The number of carbonyl (C=O) groups excluding carboxylic acids is 1. The second kappa shape index (κ2) is 5.38. The molecule has 118 valence electrons. The number of rotatable bonds is 2. The fourth-order valence-electron chi connectivity index (χ4n) is 3.25. The van der Waals surface area contributed by atoms with Crippen molar-refractivity contribution in [3.63, 3.8) is 0 Å². The maximum atomic E-state index is 12.9. The molecule has 1 aliphatic heterocycles. The second-order valence-electron chi connectivity index (χ2n) is 5.65. The summed E-state index contributed by atoms with van der Waals surface area (Å²) in [6.45, 7) is 3.59. The van der Waals surface area contributed by atoms with E-state index in [9.17, 15) is 4.79 Å². The average molecular weight is 330 g/mol. The SMILES string of the molecule is CC[C@H]1c2cccn2CCN1C(=O)c1cn2cc(Cl)cnc2n1. The first-order valence-electron chi connectivity index (χ1n) is 7.63. The summed E-state index contributed by atoms with van der Waals surface area (Å²) in [6, 6.07) is 4.19. The molecule has 0 radical (unpaired) electrons. The maximum Gasteiger partial charge on any atom is 0.274 e. The Balaban J connectivity index is 1.70. The van der Waals surface area contributed by atoms with Crippen LogP contribution in [0.1, 0.15) is 35.6 Å². The molecule has 3 aromatic heterocycles. The van der Waals surface area contributed by atoms with Gasteiger partial charge >= 0.3 is 0 Å². The molecule has 4 heterocycles. The lowest BCUT2D eigenvalue weighted by Crippen LogP contribution is -2.41. The van der Waals surface area contributed by atoms with Crippen molar-refractivity contribution in [1.29, 1.82) is 0 Å². The predicted octanol–water partition coefficient (Wildman–Crippen LogP) is 2.79. The van der Waals surface area contributed by atoms with E-state index in [0.29, 0.717) is 23.0 Å². The van der Waals surface area contributed by atoms with E-state index >= 15 is 0 Å². The van der Waals surface area contributed by atoms with E-state index in [4.69, 9.17) is 11.6 Å². The number of nitrogens with zero attached hydrogens (tertiary/aromatic N) is 5. The van der Waals surface area contributed by atoms with E-state index in [1.165, 1.54) is 11.9 Å². The zero-order valence-corrected chi connectivity index (χ0v) is 13.4. The normalized spacial score (nSPS) is 17.5. The molecule has 0 bridgehead atoms. The van der Waals surface area contributed by atoms with Crippen LogP contribution in [0, 0.1) is 0 Å². The molecule has 4 rings (SSSR count). The minimum Gasteiger partial charge on any atom is -0.348 e. The van der Waals surface area contributed by atoms with Gasteiger partial charge in [0.15, 0.2) is 0 Å². The zero-order valence-electron chi connectivity index (χ0n) is 12.7. The van der Waals surface area contributed by atoms with Crippen LogP contribution >= 0.6 is 11.6 Å². The van der Waals surface area contributed by atoms with Gasteiger partial charge in [0.05, 0.1) is 17.3 Å². The fraction of sp³-hybridized carbons (Fsp3) is 0.312. The van der Waals surface area contributed by atoms with E-state index in [-0.39, 0.29) is 11.9 Å². The summed E-state index contributed by atoms with van der Waals surface area (Å²) < 4.78 is 3.89. The van der Waals surface area contributed by atoms with Gasteiger partial charge in [0.1, 0.15) is 5.69 Å². The Labute approximate surface area is 138 Å². The minimum absolute atomic E-state index is 0.0640. The number of hydrogen-bond donors (Lipinski definition) is 0. The van der Waals surface area contributed by atoms with Crippen molar-refractivity contribution in [2.75, 3.05) is 6.54 Å². The summed E-state index contributed by atoms with van der Waals surface area (Å²) in [7, 11) is 0. The van der Waals surface area contributed by atoms with Gasteiger partial charge in [-0.2, -0.15) is 0 Å². The average Bonchev–Trinajstić information content (AvgIpc) is 3.18. The molecule has 1 aliphatic rings. The third-order valence-corrected chi connectivity index (χ3v) is 4.50. The summed E-state index contributed by atoms with van der Waals surface area (Å²) >= 11 is 5.94. The van der Waals surface area contributed by atoms with Crippen molar-refractivity contribution in [2.45, 2.75) is 25.9 Å². The molecule has 0 fully saturated rings. The van der Waals surface area contributed by atoms with Gasteiger partial charge < -0.3 is 9.47 Å². The van der Waals surface area contributed by atoms with E-state index < -0.39 is 0 Å². The topological polar surface area (TPSA) is 55.4 Å². The molecule has 3 aromatic rings. The summed E-state index contributed by atoms with van der Waals surface area (Å²) in [5.74, 6) is 0.414. The van der Waals surface area contributed by atoms with Gasteiger partial charge in [-0.05, 0) is 18.6 Å². The summed E-state index contributed by atoms with van der Waals surface area (Å²) in [5, 5.41) is 0.510. The first-order chi connectivity index (χ1) is 11.2. The van der Waals surface area contributed by atoms with Crippen LogP contribution in [0.4, 0.5) is 0 Å². The van der Waals surface area contributed by atoms with Crippen LogP contribution in [0.2, 0.25) is 5.02 Å². The highest BCUT2D eigenvalue weighted by Crippen LogP contribution is 2.29. The van der Waals surface area contributed by atoms with Gasteiger partial charge in [0, 0.05) is 37.4 Å². The molecule has 0 saturated heterocycles. The molecule has 23 heavy (non-hydrogen) atoms. The highest BCUT2D eigenvalue weighted by molar-refractivity contribution is 6.30. The molecule has 7 heteroatoms. The van der Waals surface area contributed by atoms with Crippen molar-refractivity contribution >= 4 is 23.3 Å². The van der Waals surface area contributed by atoms with E-state index in [2.05, 4.69) is 33.7 Å². The standard InChI is InChI=1S/C16H16ClN5O/c1-2-13-14-4-3-5-20(14)6-7-22(13)15(23)12-10-21-9-11(17)8-18-16(21)19-12/h3-5,8-10,13H,2,6-7H2,1H3/t13-/m0/s1. The maximum absolute atomic E-state index is 12.9. The summed E-state index contributed by atoms with van der Waals surface area (Å²) in [6.07, 6.45) is 7.86. The van der Waals surface area contributed by atoms with Crippen LogP contribution in [0.5, 0.6) is 0 Å². The van der Waals surface area contributed by atoms with Crippen molar-refractivity contribution in [2.24, 2.45) is 0 Å². The Morgan fingerprint density at radius 3 is 3.09 bits per heavy atom. The van der Waals surface area contributed by atoms with Crippen LogP contribution in [-0.2, 0) is 6.54 Å². The zero-order chi connectivity index (χ0) is 16.0. The molecule has 0 aliphatic carbocycles. The molecule has 0 aromatic carbocycles. The molecule has 1 amide bonds. The number of halogens is 1. The number of fused-ring (bicyclic) bond motifs is 2. The summed E-state index contributed by atoms with van der Waals surface area (Å²) in [5.41, 5.74) is 1.58. The second-order valence-corrected chi connectivity index (χ2v) is 6.09. The smallest absolute Gasteiger partial charge is 0.274 e. The van der Waals surface area contributed by atoms with Gasteiger partial charge in [-0.25, -0.2) is 9.97 Å². The van der Waals surface area contributed by atoms with Gasteiger partial charge in [-0.15, -0.1) is 0 Å². The van der Waals surface area contributed by atoms with Crippen molar-refractivity contribution < 1.29 is 4.79 Å². The molecule has 0 N–H and O–H groups in total.